The van der Waals surface area contributed by atoms with Crippen molar-refractivity contribution in [2.75, 3.05) is 52.4 Å². The summed E-state index contributed by atoms with van der Waals surface area (Å²) >= 11 is 0. The Morgan fingerprint density at radius 2 is 1.70 bits per heavy atom. The zero-order valence-corrected chi connectivity index (χ0v) is 18.2. The van der Waals surface area contributed by atoms with Crippen LogP contribution in [0.3, 0.4) is 0 Å². The number of rotatable bonds is 8. The maximum absolute atomic E-state index is 14.6. The van der Waals surface area contributed by atoms with Crippen molar-refractivity contribution in [2.45, 2.75) is 57.4 Å². The maximum Gasteiger partial charge on any atom is 0.254 e. The van der Waals surface area contributed by atoms with E-state index in [0.717, 1.165) is 52.0 Å². The van der Waals surface area contributed by atoms with Crippen molar-refractivity contribution in [2.24, 2.45) is 0 Å². The fraction of sp³-hybridized carbons (Fsp3) is 0.708. The molecule has 0 unspecified atom stereocenters. The minimum atomic E-state index is -0.436. The molecule has 30 heavy (non-hydrogen) atoms. The van der Waals surface area contributed by atoms with Gasteiger partial charge in [0.2, 0.25) is 0 Å². The number of carbonyl (C=O) groups is 1. The molecular formula is C24H36FN3O2. The summed E-state index contributed by atoms with van der Waals surface area (Å²) in [4.78, 5) is 19.9. The van der Waals surface area contributed by atoms with E-state index in [9.17, 15) is 9.18 Å². The summed E-state index contributed by atoms with van der Waals surface area (Å²) in [5.41, 5.74) is 0.432. The summed E-state index contributed by atoms with van der Waals surface area (Å²) in [6.07, 6.45) is 9.37. The second kappa shape index (κ2) is 10.6. The summed E-state index contributed by atoms with van der Waals surface area (Å²) in [6, 6.07) is 4.95. The molecule has 0 aromatic heterocycles. The Bertz CT molecular complexity index is 702. The van der Waals surface area contributed by atoms with Crippen LogP contribution in [0.5, 0.6) is 5.75 Å². The van der Waals surface area contributed by atoms with E-state index in [-0.39, 0.29) is 17.7 Å². The van der Waals surface area contributed by atoms with Gasteiger partial charge < -0.3 is 19.4 Å². The molecule has 1 aromatic carbocycles. The Labute approximate surface area is 180 Å². The quantitative estimate of drug-likeness (QED) is 0.603. The lowest BCUT2D eigenvalue weighted by Crippen LogP contribution is -2.42. The molecule has 3 heterocycles. The number of hydrogen-bond acceptors (Lipinski definition) is 4. The smallest absolute Gasteiger partial charge is 0.254 e. The van der Waals surface area contributed by atoms with E-state index in [2.05, 4.69) is 9.80 Å². The molecule has 0 bridgehead atoms. The highest BCUT2D eigenvalue weighted by atomic mass is 19.1. The van der Waals surface area contributed by atoms with E-state index in [4.69, 9.17) is 4.74 Å². The molecule has 1 amide bonds. The van der Waals surface area contributed by atoms with Gasteiger partial charge in [-0.05, 0) is 89.3 Å². The molecule has 166 valence electrons. The van der Waals surface area contributed by atoms with Gasteiger partial charge in [0.15, 0.2) is 11.6 Å². The predicted octanol–water partition coefficient (Wildman–Crippen LogP) is 3.78. The second-order valence-electron chi connectivity index (χ2n) is 9.05. The van der Waals surface area contributed by atoms with Crippen molar-refractivity contribution in [3.8, 4) is 5.75 Å². The average Bonchev–Trinajstić information content (AvgIpc) is 3.45. The first-order valence-corrected chi connectivity index (χ1v) is 11.9. The highest BCUT2D eigenvalue weighted by Crippen LogP contribution is 2.25. The standard InChI is InChI=1S/C24H36FN3O2/c25-22-18-20(9-10-23(22)30-17-7-15-26-11-2-1-3-12-26)24(29)28-16-6-8-21(28)19-27-13-4-5-14-27/h9-10,18,21H,1-8,11-17,19H2/t21-/m0/s1. The topological polar surface area (TPSA) is 36.0 Å². The highest BCUT2D eigenvalue weighted by molar-refractivity contribution is 5.94. The Hall–Kier alpha value is -1.66. The maximum atomic E-state index is 14.6. The van der Waals surface area contributed by atoms with Gasteiger partial charge in [-0.1, -0.05) is 6.42 Å². The minimum Gasteiger partial charge on any atom is -0.490 e. The number of ether oxygens (including phenoxy) is 1. The van der Waals surface area contributed by atoms with Gasteiger partial charge in [0.25, 0.3) is 5.91 Å². The predicted molar refractivity (Wildman–Crippen MR) is 117 cm³/mol. The molecule has 0 radical (unpaired) electrons. The molecule has 5 nitrogen and oxygen atoms in total. The number of halogens is 1. The van der Waals surface area contributed by atoms with Crippen molar-refractivity contribution in [1.29, 1.82) is 0 Å². The molecule has 3 saturated heterocycles. The first kappa shape index (κ1) is 21.6. The van der Waals surface area contributed by atoms with Crippen LogP contribution in [0, 0.1) is 5.82 Å². The van der Waals surface area contributed by atoms with Crippen LogP contribution in [0.25, 0.3) is 0 Å². The average molecular weight is 418 g/mol. The van der Waals surface area contributed by atoms with E-state index in [0.29, 0.717) is 12.2 Å². The van der Waals surface area contributed by atoms with E-state index >= 15 is 0 Å². The van der Waals surface area contributed by atoms with Crippen LogP contribution in [-0.4, -0.2) is 79.1 Å². The molecule has 3 aliphatic heterocycles. The van der Waals surface area contributed by atoms with Crippen molar-refractivity contribution in [1.82, 2.24) is 14.7 Å². The number of hydrogen-bond donors (Lipinski definition) is 0. The van der Waals surface area contributed by atoms with Gasteiger partial charge in [-0.2, -0.15) is 0 Å². The van der Waals surface area contributed by atoms with Crippen molar-refractivity contribution >= 4 is 5.91 Å². The van der Waals surface area contributed by atoms with E-state index in [1.54, 1.807) is 12.1 Å². The van der Waals surface area contributed by atoms with Gasteiger partial charge in [0, 0.05) is 31.2 Å². The van der Waals surface area contributed by atoms with Gasteiger partial charge in [-0.15, -0.1) is 0 Å². The zero-order chi connectivity index (χ0) is 20.8. The molecule has 0 aliphatic carbocycles. The molecular weight excluding hydrogens is 381 g/mol. The van der Waals surface area contributed by atoms with E-state index in [1.807, 2.05) is 4.90 Å². The zero-order valence-electron chi connectivity index (χ0n) is 18.2. The summed E-state index contributed by atoms with van der Waals surface area (Å²) in [5, 5.41) is 0. The first-order chi connectivity index (χ1) is 14.7. The minimum absolute atomic E-state index is 0.0488. The Morgan fingerprint density at radius 1 is 0.967 bits per heavy atom. The van der Waals surface area contributed by atoms with Gasteiger partial charge in [-0.25, -0.2) is 4.39 Å². The lowest BCUT2D eigenvalue weighted by atomic mass is 10.1. The van der Waals surface area contributed by atoms with Gasteiger partial charge in [-0.3, -0.25) is 4.79 Å². The highest BCUT2D eigenvalue weighted by Gasteiger charge is 2.31. The van der Waals surface area contributed by atoms with Crippen LogP contribution in [0.2, 0.25) is 0 Å². The van der Waals surface area contributed by atoms with Crippen LogP contribution < -0.4 is 4.74 Å². The van der Waals surface area contributed by atoms with Crippen LogP contribution >= 0.6 is 0 Å². The first-order valence-electron chi connectivity index (χ1n) is 11.9. The molecule has 0 spiro atoms. The molecule has 0 saturated carbocycles. The Balaban J connectivity index is 1.27. The van der Waals surface area contributed by atoms with Crippen LogP contribution in [0.15, 0.2) is 18.2 Å². The van der Waals surface area contributed by atoms with Crippen molar-refractivity contribution < 1.29 is 13.9 Å². The fourth-order valence-electron chi connectivity index (χ4n) is 5.13. The summed E-state index contributed by atoms with van der Waals surface area (Å²) in [5.74, 6) is -0.235. The third-order valence-corrected chi connectivity index (χ3v) is 6.81. The monoisotopic (exact) mass is 417 g/mol. The number of likely N-dealkylation sites (tertiary alicyclic amines) is 3. The second-order valence-corrected chi connectivity index (χ2v) is 9.05. The number of piperidine rings is 1. The van der Waals surface area contributed by atoms with Gasteiger partial charge in [0.1, 0.15) is 0 Å². The van der Waals surface area contributed by atoms with Gasteiger partial charge >= 0.3 is 0 Å². The lowest BCUT2D eigenvalue weighted by molar-refractivity contribution is 0.0708. The number of nitrogens with zero attached hydrogens (tertiary/aromatic N) is 3. The van der Waals surface area contributed by atoms with E-state index in [1.165, 1.54) is 51.3 Å². The molecule has 4 rings (SSSR count). The molecule has 0 N–H and O–H groups in total. The summed E-state index contributed by atoms with van der Waals surface area (Å²) < 4.78 is 20.3. The van der Waals surface area contributed by atoms with E-state index < -0.39 is 5.82 Å². The van der Waals surface area contributed by atoms with Crippen LogP contribution in [0.4, 0.5) is 4.39 Å². The van der Waals surface area contributed by atoms with Crippen LogP contribution in [-0.2, 0) is 0 Å². The lowest BCUT2D eigenvalue weighted by Gasteiger charge is -2.28. The third kappa shape index (κ3) is 5.52. The molecule has 3 fully saturated rings. The fourth-order valence-corrected chi connectivity index (χ4v) is 5.13. The molecule has 1 aromatic rings. The Kier molecular flexibility index (Phi) is 7.61. The number of amides is 1. The molecule has 1 atom stereocenters. The van der Waals surface area contributed by atoms with Crippen LogP contribution in [0.1, 0.15) is 61.7 Å². The van der Waals surface area contributed by atoms with Gasteiger partial charge in [0.05, 0.1) is 6.61 Å². The summed E-state index contributed by atoms with van der Waals surface area (Å²) in [7, 11) is 0. The Morgan fingerprint density at radius 3 is 2.47 bits per heavy atom. The normalized spacial score (nSPS) is 23.2. The third-order valence-electron chi connectivity index (χ3n) is 6.81. The van der Waals surface area contributed by atoms with Crippen molar-refractivity contribution in [3.63, 3.8) is 0 Å². The molecule has 6 heteroatoms. The van der Waals surface area contributed by atoms with Crippen molar-refractivity contribution in [3.05, 3.63) is 29.6 Å². The largest absolute Gasteiger partial charge is 0.490 e. The number of benzene rings is 1. The number of carbonyl (C=O) groups excluding carboxylic acids is 1. The SMILES string of the molecule is O=C(c1ccc(OCCCN2CCCCC2)c(F)c1)N1CCC[C@H]1CN1CCCC1. The summed E-state index contributed by atoms with van der Waals surface area (Å²) in [6.45, 7) is 7.84. The molecule has 3 aliphatic rings.